The number of rotatable bonds is 6. The molecule has 8 heteroatoms. The van der Waals surface area contributed by atoms with Gasteiger partial charge in [0.1, 0.15) is 11.4 Å². The highest BCUT2D eigenvalue weighted by atomic mass is 16.4. The first kappa shape index (κ1) is 14.0. The fourth-order valence-electron chi connectivity index (χ4n) is 1.93. The molecule has 0 aliphatic heterocycles. The first-order valence-electron chi connectivity index (χ1n) is 6.44. The second kappa shape index (κ2) is 5.72. The van der Waals surface area contributed by atoms with Crippen LogP contribution in [0.3, 0.4) is 0 Å². The van der Waals surface area contributed by atoms with Gasteiger partial charge in [-0.05, 0) is 6.42 Å². The highest BCUT2D eigenvalue weighted by Gasteiger charge is 2.18. The van der Waals surface area contributed by atoms with Crippen molar-refractivity contribution in [3.8, 4) is 0 Å². The summed E-state index contributed by atoms with van der Waals surface area (Å²) in [5, 5.41) is 16.2. The monoisotopic (exact) mass is 279 g/mol. The third-order valence-corrected chi connectivity index (χ3v) is 3.06. The molecule has 8 nitrogen and oxygen atoms in total. The lowest BCUT2D eigenvalue weighted by molar-refractivity contribution is -0.138. The number of hydrogen-bond donors (Lipinski definition) is 3. The lowest BCUT2D eigenvalue weighted by atomic mass is 10.1. The van der Waals surface area contributed by atoms with Gasteiger partial charge in [-0.3, -0.25) is 14.5 Å². The van der Waals surface area contributed by atoms with E-state index in [4.69, 9.17) is 5.11 Å². The number of carbonyl (C=O) groups is 1. The zero-order valence-corrected chi connectivity index (χ0v) is 11.4. The number of fused-ring (bicyclic) bond motifs is 1. The Morgan fingerprint density at radius 1 is 1.60 bits per heavy atom. The van der Waals surface area contributed by atoms with Gasteiger partial charge < -0.3 is 10.4 Å². The van der Waals surface area contributed by atoms with Crippen molar-refractivity contribution in [1.29, 1.82) is 0 Å². The van der Waals surface area contributed by atoms with Gasteiger partial charge in [-0.15, -0.1) is 0 Å². The van der Waals surface area contributed by atoms with Gasteiger partial charge in [0.25, 0.3) is 5.56 Å². The highest BCUT2D eigenvalue weighted by molar-refractivity contribution is 5.78. The van der Waals surface area contributed by atoms with E-state index in [1.54, 1.807) is 7.05 Å². The van der Waals surface area contributed by atoms with Crippen LogP contribution < -0.4 is 10.9 Å². The standard InChI is InChI=1S/C12H17N5O3/c1-3-4-5-8(11(19)20)14-12-15-9-7(10(18)16-12)6-13-17(9)2/h6,8H,3-5H2,1-2H3,(H,19,20)(H2,14,15,16,18)/t8-/m0/s1. The average Bonchev–Trinajstić information content (AvgIpc) is 2.77. The van der Waals surface area contributed by atoms with Gasteiger partial charge in [-0.2, -0.15) is 10.1 Å². The van der Waals surface area contributed by atoms with Crippen molar-refractivity contribution in [3.63, 3.8) is 0 Å². The van der Waals surface area contributed by atoms with Crippen molar-refractivity contribution in [1.82, 2.24) is 19.7 Å². The van der Waals surface area contributed by atoms with E-state index in [9.17, 15) is 9.59 Å². The molecule has 0 saturated carbocycles. The Bertz CT molecular complexity index is 675. The first-order chi connectivity index (χ1) is 9.52. The van der Waals surface area contributed by atoms with Crippen LogP contribution in [0, 0.1) is 0 Å². The number of aryl methyl sites for hydroxylation is 1. The topological polar surface area (TPSA) is 113 Å². The molecule has 0 unspecified atom stereocenters. The SMILES string of the molecule is CCCC[C@H](Nc1nc2c(cnn2C)c(=O)[nH]1)C(=O)O. The second-order valence-corrected chi connectivity index (χ2v) is 4.60. The van der Waals surface area contributed by atoms with Crippen LogP contribution in [0.5, 0.6) is 0 Å². The predicted molar refractivity (Wildman–Crippen MR) is 73.7 cm³/mol. The van der Waals surface area contributed by atoms with Crippen molar-refractivity contribution in [3.05, 3.63) is 16.6 Å². The van der Waals surface area contributed by atoms with Gasteiger partial charge in [0.2, 0.25) is 5.95 Å². The largest absolute Gasteiger partial charge is 0.480 e. The molecule has 0 spiro atoms. The van der Waals surface area contributed by atoms with Crippen molar-refractivity contribution >= 4 is 23.0 Å². The minimum Gasteiger partial charge on any atom is -0.480 e. The van der Waals surface area contributed by atoms with Crippen LogP contribution in [0.15, 0.2) is 11.0 Å². The molecule has 0 bridgehead atoms. The summed E-state index contributed by atoms with van der Waals surface area (Å²) in [6, 6.07) is -0.774. The zero-order valence-electron chi connectivity index (χ0n) is 11.4. The smallest absolute Gasteiger partial charge is 0.326 e. The number of nitrogens with one attached hydrogen (secondary N) is 2. The van der Waals surface area contributed by atoms with E-state index >= 15 is 0 Å². The third-order valence-electron chi connectivity index (χ3n) is 3.06. The molecular weight excluding hydrogens is 262 g/mol. The zero-order chi connectivity index (χ0) is 14.7. The number of aliphatic carboxylic acids is 1. The fourth-order valence-corrected chi connectivity index (χ4v) is 1.93. The van der Waals surface area contributed by atoms with Crippen LogP contribution in [0.2, 0.25) is 0 Å². The van der Waals surface area contributed by atoms with Crippen molar-refractivity contribution < 1.29 is 9.90 Å². The van der Waals surface area contributed by atoms with Crippen molar-refractivity contribution in [2.75, 3.05) is 5.32 Å². The maximum Gasteiger partial charge on any atom is 0.326 e. The number of carboxylic acid groups (broad SMARTS) is 1. The molecule has 0 amide bonds. The average molecular weight is 279 g/mol. The van der Waals surface area contributed by atoms with E-state index in [0.717, 1.165) is 12.8 Å². The number of anilines is 1. The second-order valence-electron chi connectivity index (χ2n) is 4.60. The maximum atomic E-state index is 11.8. The summed E-state index contributed by atoms with van der Waals surface area (Å²) in [4.78, 5) is 29.7. The Morgan fingerprint density at radius 2 is 2.35 bits per heavy atom. The van der Waals surface area contributed by atoms with Gasteiger partial charge in [0.15, 0.2) is 5.65 Å². The van der Waals surface area contributed by atoms with Gasteiger partial charge in [-0.1, -0.05) is 19.8 Å². The normalized spacial score (nSPS) is 12.5. The molecule has 0 aliphatic rings. The molecule has 20 heavy (non-hydrogen) atoms. The fraction of sp³-hybridized carbons (Fsp3) is 0.500. The number of aromatic nitrogens is 4. The Balaban J connectivity index is 2.30. The number of unbranched alkanes of at least 4 members (excludes halogenated alkanes) is 1. The Hall–Kier alpha value is -2.38. The molecular formula is C12H17N5O3. The summed E-state index contributed by atoms with van der Waals surface area (Å²) in [7, 11) is 1.67. The van der Waals surface area contributed by atoms with E-state index in [-0.39, 0.29) is 11.5 Å². The molecule has 0 saturated heterocycles. The van der Waals surface area contributed by atoms with Crippen LogP contribution in [0.1, 0.15) is 26.2 Å². The minimum atomic E-state index is -0.966. The van der Waals surface area contributed by atoms with Crippen LogP contribution in [-0.4, -0.2) is 36.9 Å². The quantitative estimate of drug-likeness (QED) is 0.717. The molecule has 0 aromatic carbocycles. The summed E-state index contributed by atoms with van der Waals surface area (Å²) in [6.07, 6.45) is 3.58. The van der Waals surface area contributed by atoms with Gasteiger partial charge in [-0.25, -0.2) is 4.79 Å². The lowest BCUT2D eigenvalue weighted by Gasteiger charge is -2.14. The summed E-state index contributed by atoms with van der Waals surface area (Å²) in [5.74, 6) is -0.819. The van der Waals surface area contributed by atoms with Crippen LogP contribution >= 0.6 is 0 Å². The van der Waals surface area contributed by atoms with Gasteiger partial charge in [0.05, 0.1) is 6.20 Å². The van der Waals surface area contributed by atoms with Crippen molar-refractivity contribution in [2.45, 2.75) is 32.2 Å². The maximum absolute atomic E-state index is 11.8. The molecule has 0 fully saturated rings. The number of carboxylic acids is 1. The van der Waals surface area contributed by atoms with Crippen molar-refractivity contribution in [2.24, 2.45) is 7.05 Å². The van der Waals surface area contributed by atoms with E-state index < -0.39 is 12.0 Å². The van der Waals surface area contributed by atoms with E-state index in [0.29, 0.717) is 17.5 Å². The van der Waals surface area contributed by atoms with Crippen LogP contribution in [-0.2, 0) is 11.8 Å². The molecule has 3 N–H and O–H groups in total. The number of nitrogens with zero attached hydrogens (tertiary/aromatic N) is 3. The third kappa shape index (κ3) is 2.79. The molecule has 2 rings (SSSR count). The highest BCUT2D eigenvalue weighted by Crippen LogP contribution is 2.10. The van der Waals surface area contributed by atoms with Gasteiger partial charge in [0, 0.05) is 7.05 Å². The molecule has 0 radical (unpaired) electrons. The first-order valence-corrected chi connectivity index (χ1v) is 6.44. The summed E-state index contributed by atoms with van der Waals surface area (Å²) in [6.45, 7) is 1.99. The van der Waals surface area contributed by atoms with E-state index in [1.165, 1.54) is 10.9 Å². The minimum absolute atomic E-state index is 0.148. The van der Waals surface area contributed by atoms with Crippen LogP contribution in [0.4, 0.5) is 5.95 Å². The van der Waals surface area contributed by atoms with Crippen LogP contribution in [0.25, 0.3) is 11.0 Å². The Kier molecular flexibility index (Phi) is 4.02. The summed E-state index contributed by atoms with van der Waals surface area (Å²) < 4.78 is 1.47. The molecule has 2 heterocycles. The lowest BCUT2D eigenvalue weighted by Crippen LogP contribution is -2.31. The summed E-state index contributed by atoms with van der Waals surface area (Å²) >= 11 is 0. The number of aromatic amines is 1. The van der Waals surface area contributed by atoms with Gasteiger partial charge >= 0.3 is 5.97 Å². The molecule has 0 aliphatic carbocycles. The van der Waals surface area contributed by atoms with E-state index in [2.05, 4.69) is 20.4 Å². The molecule has 108 valence electrons. The van der Waals surface area contributed by atoms with E-state index in [1.807, 2.05) is 6.92 Å². The molecule has 2 aromatic rings. The predicted octanol–water partition coefficient (Wildman–Crippen LogP) is 0.712. The number of hydrogen-bond acceptors (Lipinski definition) is 5. The molecule has 2 aromatic heterocycles. The molecule has 1 atom stereocenters. The summed E-state index contributed by atoms with van der Waals surface area (Å²) in [5.41, 5.74) is 0.0705. The Morgan fingerprint density at radius 3 is 3.00 bits per heavy atom. The number of H-pyrrole nitrogens is 1. The Labute approximate surface area is 114 Å².